The summed E-state index contributed by atoms with van der Waals surface area (Å²) in [6, 6.07) is 23.5. The maximum atomic E-state index is 14.1. The number of piperidine rings is 1. The molecule has 0 unspecified atom stereocenters. The molecule has 8 nitrogen and oxygen atoms in total. The van der Waals surface area contributed by atoms with Crippen molar-refractivity contribution in [3.8, 4) is 0 Å². The van der Waals surface area contributed by atoms with E-state index in [0.717, 1.165) is 56.6 Å². The minimum atomic E-state index is -4.23. The van der Waals surface area contributed by atoms with Crippen molar-refractivity contribution in [3.63, 3.8) is 0 Å². The number of nitrogens with zero attached hydrogens (tertiary/aromatic N) is 5. The number of likely N-dealkylation sites (N-methyl/N-ethyl adjacent to an activating group) is 1. The molecule has 0 N–H and O–H groups in total. The van der Waals surface area contributed by atoms with Crippen LogP contribution < -0.4 is 0 Å². The van der Waals surface area contributed by atoms with E-state index in [1.165, 1.54) is 24.8 Å². The number of benzene rings is 3. The molecule has 1 saturated heterocycles. The summed E-state index contributed by atoms with van der Waals surface area (Å²) in [6.07, 6.45) is 3.56. The predicted molar refractivity (Wildman–Crippen MR) is 182 cm³/mol. The van der Waals surface area contributed by atoms with Crippen LogP contribution in [-0.2, 0) is 34.3 Å². The zero-order valence-corrected chi connectivity index (χ0v) is 28.0. The first kappa shape index (κ1) is 31.7. The zero-order chi connectivity index (χ0) is 31.6. The van der Waals surface area contributed by atoms with Crippen molar-refractivity contribution in [2.75, 3.05) is 40.3 Å². The van der Waals surface area contributed by atoms with Crippen LogP contribution in [-0.4, -0.2) is 78.3 Å². The topological polar surface area (TPSA) is 78.8 Å². The SMILES string of the molecule is CN(C)CCN(C(=O)Cc1nc2ccccc2n1Cc1ccccc1CN1CCCCC1)S(=O)(=O)c1sc2ccccc2c1Cl. The van der Waals surface area contributed by atoms with Gasteiger partial charge in [-0.1, -0.05) is 72.6 Å². The van der Waals surface area contributed by atoms with Gasteiger partial charge < -0.3 is 9.47 Å². The molecule has 1 fully saturated rings. The Hall–Kier alpha value is -3.28. The standard InChI is InChI=1S/C34H38ClN5O3S2/c1-37(2)20-21-40(45(42,43)34-33(35)27-14-6-9-17-30(27)44-34)32(41)22-31-36-28-15-7-8-16-29(28)39(31)24-26-13-5-4-12-25(26)23-38-18-10-3-11-19-38/h4-9,12-17H,3,10-11,18-24H2,1-2H3. The molecular formula is C34H38ClN5O3S2. The average Bonchev–Trinajstić information content (AvgIpc) is 3.56. The van der Waals surface area contributed by atoms with Crippen LogP contribution in [0.2, 0.25) is 5.02 Å². The van der Waals surface area contributed by atoms with E-state index in [9.17, 15) is 13.2 Å². The first-order chi connectivity index (χ1) is 21.7. The van der Waals surface area contributed by atoms with Gasteiger partial charge in [0.15, 0.2) is 4.21 Å². The molecule has 3 heterocycles. The third kappa shape index (κ3) is 6.80. The summed E-state index contributed by atoms with van der Waals surface area (Å²) < 4.78 is 32.0. The van der Waals surface area contributed by atoms with Gasteiger partial charge in [0.1, 0.15) is 5.82 Å². The van der Waals surface area contributed by atoms with Crippen LogP contribution in [0.3, 0.4) is 0 Å². The molecule has 0 saturated carbocycles. The predicted octanol–water partition coefficient (Wildman–Crippen LogP) is 6.26. The fraction of sp³-hybridized carbons (Fsp3) is 0.353. The highest BCUT2D eigenvalue weighted by Gasteiger charge is 2.34. The van der Waals surface area contributed by atoms with Crippen LogP contribution >= 0.6 is 22.9 Å². The third-order valence-corrected chi connectivity index (χ3v) is 12.5. The van der Waals surface area contributed by atoms with Crippen LogP contribution in [0.25, 0.3) is 21.1 Å². The first-order valence-corrected chi connectivity index (χ1v) is 18.0. The van der Waals surface area contributed by atoms with Gasteiger partial charge in [-0.25, -0.2) is 17.7 Å². The molecule has 6 rings (SSSR count). The highest BCUT2D eigenvalue weighted by Crippen LogP contribution is 2.39. The van der Waals surface area contributed by atoms with E-state index in [-0.39, 0.29) is 22.2 Å². The van der Waals surface area contributed by atoms with Crippen molar-refractivity contribution >= 4 is 60.0 Å². The van der Waals surface area contributed by atoms with Gasteiger partial charge >= 0.3 is 0 Å². The lowest BCUT2D eigenvalue weighted by molar-refractivity contribution is -0.126. The van der Waals surface area contributed by atoms with E-state index in [1.54, 1.807) is 6.07 Å². The van der Waals surface area contributed by atoms with E-state index in [0.29, 0.717) is 24.3 Å². The molecule has 0 atom stereocenters. The Morgan fingerprint density at radius 3 is 2.29 bits per heavy atom. The smallest absolute Gasteiger partial charge is 0.277 e. The van der Waals surface area contributed by atoms with Gasteiger partial charge in [0.25, 0.3) is 10.0 Å². The van der Waals surface area contributed by atoms with Crippen molar-refractivity contribution in [1.82, 2.24) is 23.7 Å². The number of amides is 1. The fourth-order valence-electron chi connectivity index (χ4n) is 5.98. The third-order valence-electron chi connectivity index (χ3n) is 8.39. The molecule has 5 aromatic rings. The summed E-state index contributed by atoms with van der Waals surface area (Å²) in [5, 5.41) is 0.809. The maximum absolute atomic E-state index is 14.1. The molecule has 2 aromatic heterocycles. The minimum Gasteiger partial charge on any atom is -0.323 e. The number of carbonyl (C=O) groups is 1. The van der Waals surface area contributed by atoms with Crippen molar-refractivity contribution in [2.45, 2.75) is 43.0 Å². The van der Waals surface area contributed by atoms with Crippen molar-refractivity contribution in [2.24, 2.45) is 0 Å². The summed E-state index contributed by atoms with van der Waals surface area (Å²) in [4.78, 5) is 23.3. The molecule has 1 aliphatic rings. The zero-order valence-electron chi connectivity index (χ0n) is 25.7. The lowest BCUT2D eigenvalue weighted by atomic mass is 10.0. The number of carbonyl (C=O) groups excluding carboxylic acids is 1. The normalized spacial score (nSPS) is 14.5. The Balaban J connectivity index is 1.34. The Morgan fingerprint density at radius 1 is 0.889 bits per heavy atom. The Labute approximate surface area is 273 Å². The lowest BCUT2D eigenvalue weighted by Gasteiger charge is -2.27. The van der Waals surface area contributed by atoms with Crippen LogP contribution in [0.15, 0.2) is 77.0 Å². The van der Waals surface area contributed by atoms with E-state index in [1.807, 2.05) is 67.5 Å². The van der Waals surface area contributed by atoms with Gasteiger partial charge in [0.05, 0.1) is 22.5 Å². The van der Waals surface area contributed by atoms with Gasteiger partial charge in [0, 0.05) is 36.3 Å². The molecule has 0 aliphatic carbocycles. The average molecular weight is 664 g/mol. The summed E-state index contributed by atoms with van der Waals surface area (Å²) in [5.41, 5.74) is 4.09. The molecular weight excluding hydrogens is 626 g/mol. The molecule has 236 valence electrons. The van der Waals surface area contributed by atoms with Crippen molar-refractivity contribution < 1.29 is 13.2 Å². The number of likely N-dealkylation sites (tertiary alicyclic amines) is 1. The Kier molecular flexibility index (Phi) is 9.58. The van der Waals surface area contributed by atoms with E-state index in [2.05, 4.69) is 27.7 Å². The van der Waals surface area contributed by atoms with E-state index in [4.69, 9.17) is 16.6 Å². The van der Waals surface area contributed by atoms with Crippen molar-refractivity contribution in [3.05, 3.63) is 94.8 Å². The number of hydrogen-bond donors (Lipinski definition) is 0. The Bertz CT molecular complexity index is 1930. The number of aromatic nitrogens is 2. The Morgan fingerprint density at radius 2 is 1.56 bits per heavy atom. The van der Waals surface area contributed by atoms with Crippen LogP contribution in [0.5, 0.6) is 0 Å². The number of para-hydroxylation sites is 2. The number of hydrogen-bond acceptors (Lipinski definition) is 7. The molecule has 45 heavy (non-hydrogen) atoms. The highest BCUT2D eigenvalue weighted by molar-refractivity contribution is 7.92. The fourth-order valence-corrected chi connectivity index (χ4v) is 9.59. The molecule has 0 radical (unpaired) electrons. The van der Waals surface area contributed by atoms with Crippen LogP contribution in [0, 0.1) is 0 Å². The minimum absolute atomic E-state index is 0.00234. The molecule has 0 spiro atoms. The molecule has 0 bridgehead atoms. The monoisotopic (exact) mass is 663 g/mol. The number of rotatable bonds is 11. The summed E-state index contributed by atoms with van der Waals surface area (Å²) in [6.45, 7) is 3.97. The number of thiophene rings is 1. The highest BCUT2D eigenvalue weighted by atomic mass is 35.5. The number of halogens is 1. The van der Waals surface area contributed by atoms with Gasteiger partial charge in [-0.05, 0) is 69.4 Å². The largest absolute Gasteiger partial charge is 0.323 e. The summed E-state index contributed by atoms with van der Waals surface area (Å²) in [5.74, 6) is -0.00926. The van der Waals surface area contributed by atoms with E-state index < -0.39 is 15.9 Å². The lowest BCUT2D eigenvalue weighted by Crippen LogP contribution is -2.42. The second kappa shape index (κ2) is 13.6. The van der Waals surface area contributed by atoms with Crippen molar-refractivity contribution in [1.29, 1.82) is 0 Å². The second-order valence-electron chi connectivity index (χ2n) is 11.9. The maximum Gasteiger partial charge on any atom is 0.277 e. The van der Waals surface area contributed by atoms with Gasteiger partial charge in [-0.15, -0.1) is 11.3 Å². The summed E-state index contributed by atoms with van der Waals surface area (Å²) >= 11 is 7.72. The molecule has 3 aromatic carbocycles. The van der Waals surface area contributed by atoms with Gasteiger partial charge in [-0.2, -0.15) is 0 Å². The molecule has 1 amide bonds. The quantitative estimate of drug-likeness (QED) is 0.166. The van der Waals surface area contributed by atoms with E-state index >= 15 is 0 Å². The molecule has 11 heteroatoms. The van der Waals surface area contributed by atoms with Gasteiger partial charge in [0.2, 0.25) is 5.91 Å². The molecule has 1 aliphatic heterocycles. The summed E-state index contributed by atoms with van der Waals surface area (Å²) in [7, 11) is -0.533. The van der Waals surface area contributed by atoms with Crippen LogP contribution in [0.1, 0.15) is 36.2 Å². The number of sulfonamides is 1. The number of imidazole rings is 1. The second-order valence-corrected chi connectivity index (χ2v) is 15.3. The first-order valence-electron chi connectivity index (χ1n) is 15.3. The van der Waals surface area contributed by atoms with Gasteiger partial charge in [-0.3, -0.25) is 9.69 Å². The van der Waals surface area contributed by atoms with Crippen LogP contribution in [0.4, 0.5) is 0 Å². The number of fused-ring (bicyclic) bond motifs is 2.